The van der Waals surface area contributed by atoms with Gasteiger partial charge in [-0.3, -0.25) is 14.7 Å². The highest BCUT2D eigenvalue weighted by Crippen LogP contribution is 2.14. The highest BCUT2D eigenvalue weighted by Gasteiger charge is 2.19. The van der Waals surface area contributed by atoms with Gasteiger partial charge in [-0.05, 0) is 31.4 Å². The quantitative estimate of drug-likeness (QED) is 0.747. The van der Waals surface area contributed by atoms with E-state index in [1.54, 1.807) is 12.3 Å². The molecule has 22 heavy (non-hydrogen) atoms. The Labute approximate surface area is 133 Å². The van der Waals surface area contributed by atoms with E-state index in [1.807, 2.05) is 12.1 Å². The number of rotatable bonds is 8. The molecule has 1 amide bonds. The summed E-state index contributed by atoms with van der Waals surface area (Å²) < 4.78 is 5.43. The zero-order chi connectivity index (χ0) is 15.6. The molecule has 0 aliphatic carbocycles. The second-order valence-corrected chi connectivity index (χ2v) is 5.70. The van der Waals surface area contributed by atoms with Crippen LogP contribution >= 0.6 is 0 Å². The van der Waals surface area contributed by atoms with Gasteiger partial charge in [0.1, 0.15) is 5.69 Å². The van der Waals surface area contributed by atoms with E-state index in [4.69, 9.17) is 4.74 Å². The van der Waals surface area contributed by atoms with Crippen molar-refractivity contribution in [1.82, 2.24) is 15.2 Å². The Hall–Kier alpha value is -1.46. The van der Waals surface area contributed by atoms with Crippen LogP contribution in [0.1, 0.15) is 43.1 Å². The van der Waals surface area contributed by atoms with Gasteiger partial charge in [0.05, 0.1) is 13.2 Å². The van der Waals surface area contributed by atoms with Crippen LogP contribution in [0, 0.1) is 0 Å². The van der Waals surface area contributed by atoms with E-state index in [0.717, 1.165) is 39.1 Å². The molecule has 0 saturated carbocycles. The third-order valence-electron chi connectivity index (χ3n) is 4.08. The van der Waals surface area contributed by atoms with Gasteiger partial charge in [0, 0.05) is 31.9 Å². The molecule has 0 spiro atoms. The van der Waals surface area contributed by atoms with Crippen molar-refractivity contribution in [3.05, 3.63) is 30.1 Å². The van der Waals surface area contributed by atoms with Crippen molar-refractivity contribution in [3.63, 3.8) is 0 Å². The monoisotopic (exact) mass is 305 g/mol. The number of ether oxygens (including phenoxy) is 1. The van der Waals surface area contributed by atoms with Crippen molar-refractivity contribution < 1.29 is 9.53 Å². The van der Waals surface area contributed by atoms with Gasteiger partial charge < -0.3 is 10.1 Å². The van der Waals surface area contributed by atoms with Crippen LogP contribution in [0.4, 0.5) is 0 Å². The van der Waals surface area contributed by atoms with Crippen molar-refractivity contribution in [2.45, 2.75) is 38.6 Å². The fraction of sp³-hybridized carbons (Fsp3) is 0.647. The van der Waals surface area contributed by atoms with Crippen molar-refractivity contribution in [3.8, 4) is 0 Å². The molecule has 1 saturated heterocycles. The fourth-order valence-corrected chi connectivity index (χ4v) is 2.91. The van der Waals surface area contributed by atoms with Crippen LogP contribution in [0.25, 0.3) is 0 Å². The van der Waals surface area contributed by atoms with E-state index in [1.165, 1.54) is 12.8 Å². The minimum Gasteiger partial charge on any atom is -0.379 e. The van der Waals surface area contributed by atoms with E-state index in [-0.39, 0.29) is 5.91 Å². The van der Waals surface area contributed by atoms with Crippen LogP contribution in [-0.2, 0) is 4.74 Å². The molecule has 0 radical (unpaired) electrons. The van der Waals surface area contributed by atoms with Crippen molar-refractivity contribution in [2.24, 2.45) is 0 Å². The van der Waals surface area contributed by atoms with E-state index < -0.39 is 0 Å². The summed E-state index contributed by atoms with van der Waals surface area (Å²) in [7, 11) is 0. The summed E-state index contributed by atoms with van der Waals surface area (Å²) in [5.41, 5.74) is 0.487. The van der Waals surface area contributed by atoms with E-state index in [2.05, 4.69) is 22.1 Å². The predicted molar refractivity (Wildman–Crippen MR) is 86.9 cm³/mol. The second kappa shape index (κ2) is 9.54. The first kappa shape index (κ1) is 16.9. The number of morpholine rings is 1. The Morgan fingerprint density at radius 2 is 2.18 bits per heavy atom. The summed E-state index contributed by atoms with van der Waals surface area (Å²) in [6.07, 6.45) is 6.18. The summed E-state index contributed by atoms with van der Waals surface area (Å²) in [4.78, 5) is 18.5. The number of hydrogen-bond donors (Lipinski definition) is 1. The van der Waals surface area contributed by atoms with Gasteiger partial charge in [0.2, 0.25) is 0 Å². The number of amides is 1. The third-order valence-corrected chi connectivity index (χ3v) is 4.08. The van der Waals surface area contributed by atoms with Gasteiger partial charge in [-0.25, -0.2) is 0 Å². The normalized spacial score (nSPS) is 17.1. The minimum absolute atomic E-state index is 0.0842. The molecular weight excluding hydrogens is 278 g/mol. The molecule has 0 bridgehead atoms. The molecule has 1 aromatic rings. The molecule has 2 rings (SSSR count). The Morgan fingerprint density at radius 1 is 1.36 bits per heavy atom. The molecule has 1 aliphatic heterocycles. The SMILES string of the molecule is CCCC(CCCNC(=O)c1ccccn1)N1CCOCC1. The molecule has 1 N–H and O–H groups in total. The van der Waals surface area contributed by atoms with Crippen LogP contribution in [-0.4, -0.2) is 54.7 Å². The first-order valence-corrected chi connectivity index (χ1v) is 8.32. The molecule has 1 unspecified atom stereocenters. The number of aromatic nitrogens is 1. The lowest BCUT2D eigenvalue weighted by Gasteiger charge is -2.34. The average Bonchev–Trinajstić information content (AvgIpc) is 2.59. The number of carbonyl (C=O) groups excluding carboxylic acids is 1. The Morgan fingerprint density at radius 3 is 2.86 bits per heavy atom. The smallest absolute Gasteiger partial charge is 0.269 e. The van der Waals surface area contributed by atoms with Crippen LogP contribution < -0.4 is 5.32 Å². The molecular formula is C17H27N3O2. The first-order valence-electron chi connectivity index (χ1n) is 8.32. The largest absolute Gasteiger partial charge is 0.379 e. The number of pyridine rings is 1. The molecule has 5 nitrogen and oxygen atoms in total. The summed E-state index contributed by atoms with van der Waals surface area (Å²) in [6, 6.07) is 6.00. The van der Waals surface area contributed by atoms with Gasteiger partial charge in [-0.15, -0.1) is 0 Å². The first-order chi connectivity index (χ1) is 10.8. The van der Waals surface area contributed by atoms with E-state index in [0.29, 0.717) is 18.3 Å². The standard InChI is InChI=1S/C17H27N3O2/c1-2-6-15(20-11-13-22-14-12-20)7-5-10-19-17(21)16-8-3-4-9-18-16/h3-4,8-9,15H,2,5-7,10-14H2,1H3,(H,19,21). The summed E-state index contributed by atoms with van der Waals surface area (Å²) >= 11 is 0. The van der Waals surface area contributed by atoms with Crippen molar-refractivity contribution in [2.75, 3.05) is 32.8 Å². The lowest BCUT2D eigenvalue weighted by molar-refractivity contribution is 0.0124. The topological polar surface area (TPSA) is 54.5 Å². The van der Waals surface area contributed by atoms with E-state index in [9.17, 15) is 4.79 Å². The molecule has 1 aromatic heterocycles. The van der Waals surface area contributed by atoms with Crippen LogP contribution in [0.2, 0.25) is 0 Å². The van der Waals surface area contributed by atoms with Crippen molar-refractivity contribution >= 4 is 5.91 Å². The molecule has 5 heteroatoms. The average molecular weight is 305 g/mol. The lowest BCUT2D eigenvalue weighted by atomic mass is 10.0. The second-order valence-electron chi connectivity index (χ2n) is 5.70. The fourth-order valence-electron chi connectivity index (χ4n) is 2.91. The van der Waals surface area contributed by atoms with Crippen LogP contribution in [0.3, 0.4) is 0 Å². The Bertz CT molecular complexity index is 433. The van der Waals surface area contributed by atoms with Crippen molar-refractivity contribution in [1.29, 1.82) is 0 Å². The Balaban J connectivity index is 1.70. The maximum absolute atomic E-state index is 11.9. The maximum Gasteiger partial charge on any atom is 0.269 e. The number of hydrogen-bond acceptors (Lipinski definition) is 4. The molecule has 122 valence electrons. The number of nitrogens with zero attached hydrogens (tertiary/aromatic N) is 2. The third kappa shape index (κ3) is 5.39. The molecule has 0 aromatic carbocycles. The number of carbonyl (C=O) groups is 1. The summed E-state index contributed by atoms with van der Waals surface area (Å²) in [5, 5.41) is 2.95. The maximum atomic E-state index is 11.9. The minimum atomic E-state index is -0.0842. The highest BCUT2D eigenvalue weighted by atomic mass is 16.5. The molecule has 2 heterocycles. The highest BCUT2D eigenvalue weighted by molar-refractivity contribution is 5.92. The predicted octanol–water partition coefficient (Wildman–Crippen LogP) is 2.09. The molecule has 1 atom stereocenters. The van der Waals surface area contributed by atoms with Crippen LogP contribution in [0.5, 0.6) is 0 Å². The number of nitrogens with one attached hydrogen (secondary N) is 1. The Kier molecular flexibility index (Phi) is 7.33. The van der Waals surface area contributed by atoms with Gasteiger partial charge >= 0.3 is 0 Å². The zero-order valence-electron chi connectivity index (χ0n) is 13.5. The van der Waals surface area contributed by atoms with Gasteiger partial charge in [0.15, 0.2) is 0 Å². The van der Waals surface area contributed by atoms with Gasteiger partial charge in [-0.1, -0.05) is 19.4 Å². The molecule has 1 fully saturated rings. The zero-order valence-corrected chi connectivity index (χ0v) is 13.5. The molecule has 1 aliphatic rings. The summed E-state index contributed by atoms with van der Waals surface area (Å²) in [6.45, 7) is 6.69. The van der Waals surface area contributed by atoms with E-state index >= 15 is 0 Å². The van der Waals surface area contributed by atoms with Gasteiger partial charge in [-0.2, -0.15) is 0 Å². The summed E-state index contributed by atoms with van der Waals surface area (Å²) in [5.74, 6) is -0.0842. The lowest BCUT2D eigenvalue weighted by Crippen LogP contribution is -2.43. The van der Waals surface area contributed by atoms with Gasteiger partial charge in [0.25, 0.3) is 5.91 Å². The van der Waals surface area contributed by atoms with Crippen LogP contribution in [0.15, 0.2) is 24.4 Å².